The minimum Gasteiger partial charge on any atom is -0.398 e. The molecule has 6 nitrogen and oxygen atoms in total. The van der Waals surface area contributed by atoms with Gasteiger partial charge in [0.25, 0.3) is 0 Å². The molecule has 0 saturated carbocycles. The molecule has 0 aromatic heterocycles. The fourth-order valence-corrected chi connectivity index (χ4v) is 2.45. The third-order valence-electron chi connectivity index (χ3n) is 3.61. The van der Waals surface area contributed by atoms with E-state index in [2.05, 4.69) is 0 Å². The average molecular weight is 268 g/mol. The largest absolute Gasteiger partial charge is 0.398 e. The minimum atomic E-state index is 0.464. The Morgan fingerprint density at radius 3 is 0.800 bits per heavy atom. The summed E-state index contributed by atoms with van der Waals surface area (Å²) in [4.78, 5) is 0. The Labute approximate surface area is 115 Å². The molecule has 3 aromatic carbocycles. The monoisotopic (exact) mass is 268 g/mol. The molecule has 0 unspecified atom stereocenters. The first-order valence-corrected chi connectivity index (χ1v) is 6.04. The standard InChI is InChI=1S/C14H16N6/c15-9-1-5-6(2-10(9)16)14(20)8-4-12(18)11(17)3-7(8)13(5)19/h1-4H,15-20H2. The molecule has 0 radical (unpaired) electrons. The summed E-state index contributed by atoms with van der Waals surface area (Å²) in [5.74, 6) is 0. The minimum absolute atomic E-state index is 0.464. The maximum Gasteiger partial charge on any atom is 0.0555 e. The smallest absolute Gasteiger partial charge is 0.0555 e. The van der Waals surface area contributed by atoms with Gasteiger partial charge in [-0.15, -0.1) is 0 Å². The van der Waals surface area contributed by atoms with Crippen LogP contribution < -0.4 is 34.4 Å². The Balaban J connectivity index is 2.60. The number of hydrogen-bond donors (Lipinski definition) is 6. The normalized spacial score (nSPS) is 11.2. The maximum absolute atomic E-state index is 6.21. The quantitative estimate of drug-likeness (QED) is 0.206. The van der Waals surface area contributed by atoms with E-state index in [0.717, 1.165) is 21.5 Å². The van der Waals surface area contributed by atoms with Crippen LogP contribution in [-0.4, -0.2) is 0 Å². The number of nitrogens with two attached hydrogens (primary N) is 6. The van der Waals surface area contributed by atoms with E-state index in [0.29, 0.717) is 34.1 Å². The number of benzene rings is 3. The summed E-state index contributed by atoms with van der Waals surface area (Å²) in [5, 5.41) is 3.02. The van der Waals surface area contributed by atoms with Crippen LogP contribution >= 0.6 is 0 Å². The number of nitrogen functional groups attached to an aromatic ring is 6. The molecule has 0 fully saturated rings. The summed E-state index contributed by atoms with van der Waals surface area (Å²) in [5.41, 5.74) is 38.7. The molecule has 102 valence electrons. The highest BCUT2D eigenvalue weighted by Crippen LogP contribution is 2.41. The summed E-state index contributed by atoms with van der Waals surface area (Å²) in [6, 6.07) is 6.90. The molecule has 0 atom stereocenters. The summed E-state index contributed by atoms with van der Waals surface area (Å²) in [7, 11) is 0. The van der Waals surface area contributed by atoms with Gasteiger partial charge in [-0.2, -0.15) is 0 Å². The van der Waals surface area contributed by atoms with Crippen molar-refractivity contribution in [3.8, 4) is 0 Å². The van der Waals surface area contributed by atoms with Crippen molar-refractivity contribution in [1.82, 2.24) is 0 Å². The lowest BCUT2D eigenvalue weighted by Crippen LogP contribution is -2.01. The van der Waals surface area contributed by atoms with Gasteiger partial charge in [0.15, 0.2) is 0 Å². The molecule has 3 rings (SSSR count). The van der Waals surface area contributed by atoms with Crippen molar-refractivity contribution < 1.29 is 0 Å². The Kier molecular flexibility index (Phi) is 2.25. The van der Waals surface area contributed by atoms with Gasteiger partial charge in [0.1, 0.15) is 0 Å². The Hall–Kier alpha value is -3.02. The Bertz CT molecular complexity index is 728. The van der Waals surface area contributed by atoms with E-state index in [1.54, 1.807) is 24.3 Å². The molecular formula is C14H16N6. The van der Waals surface area contributed by atoms with Crippen LogP contribution in [0.4, 0.5) is 34.1 Å². The second kappa shape index (κ2) is 3.74. The zero-order chi connectivity index (χ0) is 14.6. The summed E-state index contributed by atoms with van der Waals surface area (Å²) < 4.78 is 0. The molecule has 0 amide bonds. The number of rotatable bonds is 0. The third kappa shape index (κ3) is 1.45. The van der Waals surface area contributed by atoms with Gasteiger partial charge in [0.05, 0.1) is 22.7 Å². The number of anilines is 6. The van der Waals surface area contributed by atoms with Gasteiger partial charge < -0.3 is 34.4 Å². The fraction of sp³-hybridized carbons (Fsp3) is 0. The summed E-state index contributed by atoms with van der Waals surface area (Å²) >= 11 is 0. The molecule has 0 bridgehead atoms. The zero-order valence-corrected chi connectivity index (χ0v) is 10.8. The zero-order valence-electron chi connectivity index (χ0n) is 10.8. The van der Waals surface area contributed by atoms with Gasteiger partial charge in [-0.1, -0.05) is 0 Å². The lowest BCUT2D eigenvalue weighted by molar-refractivity contribution is 1.69. The number of hydrogen-bond acceptors (Lipinski definition) is 6. The maximum atomic E-state index is 6.21. The van der Waals surface area contributed by atoms with Crippen molar-refractivity contribution in [2.45, 2.75) is 0 Å². The van der Waals surface area contributed by atoms with Crippen LogP contribution in [-0.2, 0) is 0 Å². The van der Waals surface area contributed by atoms with Crippen LogP contribution in [0.3, 0.4) is 0 Å². The van der Waals surface area contributed by atoms with Crippen molar-refractivity contribution in [2.75, 3.05) is 34.4 Å². The number of fused-ring (bicyclic) bond motifs is 2. The lowest BCUT2D eigenvalue weighted by atomic mass is 9.97. The van der Waals surface area contributed by atoms with E-state index in [9.17, 15) is 0 Å². The predicted molar refractivity (Wildman–Crippen MR) is 87.9 cm³/mol. The van der Waals surface area contributed by atoms with E-state index in [-0.39, 0.29) is 0 Å². The van der Waals surface area contributed by atoms with Gasteiger partial charge in [0, 0.05) is 32.9 Å². The summed E-state index contributed by atoms with van der Waals surface area (Å²) in [6.07, 6.45) is 0. The lowest BCUT2D eigenvalue weighted by Gasteiger charge is -2.14. The van der Waals surface area contributed by atoms with E-state index in [1.165, 1.54) is 0 Å². The average Bonchev–Trinajstić information content (AvgIpc) is 2.41. The highest BCUT2D eigenvalue weighted by Gasteiger charge is 2.13. The van der Waals surface area contributed by atoms with Gasteiger partial charge in [0.2, 0.25) is 0 Å². The second-order valence-corrected chi connectivity index (χ2v) is 4.88. The fourth-order valence-electron chi connectivity index (χ4n) is 2.45. The molecule has 0 spiro atoms. The van der Waals surface area contributed by atoms with E-state index in [1.807, 2.05) is 0 Å². The molecule has 6 heteroatoms. The molecule has 3 aromatic rings. The van der Waals surface area contributed by atoms with Crippen molar-refractivity contribution in [3.05, 3.63) is 24.3 Å². The highest BCUT2D eigenvalue weighted by atomic mass is 14.7. The van der Waals surface area contributed by atoms with Crippen LogP contribution in [0, 0.1) is 0 Å². The molecular weight excluding hydrogens is 252 g/mol. The summed E-state index contributed by atoms with van der Waals surface area (Å²) in [6.45, 7) is 0. The molecule has 0 aliphatic rings. The first kappa shape index (κ1) is 12.0. The van der Waals surface area contributed by atoms with Crippen molar-refractivity contribution in [1.29, 1.82) is 0 Å². The first-order chi connectivity index (χ1) is 9.40. The van der Waals surface area contributed by atoms with Crippen LogP contribution in [0.2, 0.25) is 0 Å². The SMILES string of the molecule is Nc1cc2c(N)c3cc(N)c(N)cc3c(N)c2cc1N. The van der Waals surface area contributed by atoms with Gasteiger partial charge in [-0.25, -0.2) is 0 Å². The van der Waals surface area contributed by atoms with Crippen molar-refractivity contribution in [3.63, 3.8) is 0 Å². The van der Waals surface area contributed by atoms with Crippen LogP contribution in [0.15, 0.2) is 24.3 Å². The van der Waals surface area contributed by atoms with Crippen LogP contribution in [0.5, 0.6) is 0 Å². The molecule has 0 saturated heterocycles. The first-order valence-electron chi connectivity index (χ1n) is 6.04. The highest BCUT2D eigenvalue weighted by molar-refractivity contribution is 6.20. The topological polar surface area (TPSA) is 156 Å². The third-order valence-corrected chi connectivity index (χ3v) is 3.61. The molecule has 0 aliphatic heterocycles. The van der Waals surface area contributed by atoms with E-state index >= 15 is 0 Å². The second-order valence-electron chi connectivity index (χ2n) is 4.88. The Morgan fingerprint density at radius 1 is 0.400 bits per heavy atom. The van der Waals surface area contributed by atoms with Gasteiger partial charge >= 0.3 is 0 Å². The predicted octanol–water partition coefficient (Wildman–Crippen LogP) is 1.49. The van der Waals surface area contributed by atoms with Crippen molar-refractivity contribution >= 4 is 55.7 Å². The Morgan fingerprint density at radius 2 is 0.600 bits per heavy atom. The van der Waals surface area contributed by atoms with Crippen molar-refractivity contribution in [2.24, 2.45) is 0 Å². The molecule has 12 N–H and O–H groups in total. The van der Waals surface area contributed by atoms with Crippen LogP contribution in [0.1, 0.15) is 0 Å². The van der Waals surface area contributed by atoms with Crippen LogP contribution in [0.25, 0.3) is 21.5 Å². The molecule has 0 heterocycles. The van der Waals surface area contributed by atoms with E-state index in [4.69, 9.17) is 34.4 Å². The molecule has 20 heavy (non-hydrogen) atoms. The van der Waals surface area contributed by atoms with Gasteiger partial charge in [-0.3, -0.25) is 0 Å². The van der Waals surface area contributed by atoms with E-state index < -0.39 is 0 Å². The molecule has 0 aliphatic carbocycles. The van der Waals surface area contributed by atoms with Gasteiger partial charge in [-0.05, 0) is 24.3 Å².